The fourth-order valence-corrected chi connectivity index (χ4v) is 4.07. The number of fused-ring (bicyclic) bond motifs is 2. The van der Waals surface area contributed by atoms with Gasteiger partial charge >= 0.3 is 5.76 Å². The molecule has 8 heteroatoms. The topological polar surface area (TPSA) is 66.5 Å². The summed E-state index contributed by atoms with van der Waals surface area (Å²) >= 11 is 0. The van der Waals surface area contributed by atoms with Crippen LogP contribution in [0, 0.1) is 0 Å². The second kappa shape index (κ2) is 6.16. The molecule has 0 radical (unpaired) electrons. The number of hydrogen-bond acceptors (Lipinski definition) is 4. The van der Waals surface area contributed by atoms with E-state index in [0.717, 1.165) is 44.5 Å². The van der Waals surface area contributed by atoms with E-state index in [2.05, 4.69) is 5.32 Å². The zero-order valence-electron chi connectivity index (χ0n) is 12.4. The molecule has 0 saturated carbocycles. The van der Waals surface area contributed by atoms with Crippen molar-refractivity contribution in [2.75, 3.05) is 13.1 Å². The Hall–Kier alpha value is -1.54. The molecule has 2 fully saturated rings. The first kappa shape index (κ1) is 16.3. The molecule has 5 nitrogen and oxygen atoms in total. The molecule has 2 saturated heterocycles. The Labute approximate surface area is 133 Å². The number of sulfone groups is 1. The Morgan fingerprint density at radius 1 is 1.13 bits per heavy atom. The van der Waals surface area contributed by atoms with Crippen molar-refractivity contribution in [1.82, 2.24) is 10.2 Å². The van der Waals surface area contributed by atoms with Crippen molar-refractivity contribution < 1.29 is 22.0 Å². The van der Waals surface area contributed by atoms with E-state index < -0.39 is 20.5 Å². The van der Waals surface area contributed by atoms with Crippen LogP contribution in [0.5, 0.6) is 0 Å². The molecule has 2 atom stereocenters. The van der Waals surface area contributed by atoms with Crippen LogP contribution in [-0.4, -0.2) is 50.2 Å². The van der Waals surface area contributed by atoms with Gasteiger partial charge in [-0.3, -0.25) is 4.79 Å². The van der Waals surface area contributed by atoms with Gasteiger partial charge < -0.3 is 10.2 Å². The van der Waals surface area contributed by atoms with Crippen molar-refractivity contribution in [3.8, 4) is 0 Å². The van der Waals surface area contributed by atoms with Crippen LogP contribution >= 0.6 is 0 Å². The molecule has 126 valence electrons. The first-order valence-electron chi connectivity index (χ1n) is 7.57. The summed E-state index contributed by atoms with van der Waals surface area (Å²) < 4.78 is 47.9. The molecule has 0 aliphatic carbocycles. The standard InChI is InChI=1S/C15H18F2N2O3S/c16-15(17)23(21,22)13-5-1-10(2-6-13)14(20)19-11-3-4-12(19)9-18-8-7-11/h1-2,5-6,11-12,15,18H,3-4,7-9H2. The number of amides is 1. The van der Waals surface area contributed by atoms with E-state index in [1.54, 1.807) is 0 Å². The highest BCUT2D eigenvalue weighted by molar-refractivity contribution is 7.91. The zero-order valence-corrected chi connectivity index (χ0v) is 13.2. The van der Waals surface area contributed by atoms with Crippen LogP contribution in [0.15, 0.2) is 29.2 Å². The van der Waals surface area contributed by atoms with Crippen LogP contribution in [0.2, 0.25) is 0 Å². The molecule has 2 unspecified atom stereocenters. The molecule has 0 aromatic heterocycles. The van der Waals surface area contributed by atoms with Crippen molar-refractivity contribution in [1.29, 1.82) is 0 Å². The lowest BCUT2D eigenvalue weighted by molar-refractivity contribution is 0.0680. The minimum absolute atomic E-state index is 0.138. The van der Waals surface area contributed by atoms with E-state index in [0.29, 0.717) is 5.56 Å². The summed E-state index contributed by atoms with van der Waals surface area (Å²) in [6.45, 7) is 1.62. The highest BCUT2D eigenvalue weighted by atomic mass is 32.2. The lowest BCUT2D eigenvalue weighted by Crippen LogP contribution is -2.42. The molecule has 1 aromatic carbocycles. The summed E-state index contributed by atoms with van der Waals surface area (Å²) in [5, 5.41) is 3.30. The Kier molecular flexibility index (Phi) is 4.37. The molecule has 2 heterocycles. The van der Waals surface area contributed by atoms with Gasteiger partial charge in [-0.25, -0.2) is 8.42 Å². The largest absolute Gasteiger partial charge is 0.341 e. The maximum Gasteiger partial charge on any atom is 0.341 e. The average molecular weight is 344 g/mol. The Balaban J connectivity index is 1.84. The van der Waals surface area contributed by atoms with Gasteiger partial charge in [0.15, 0.2) is 0 Å². The molecular formula is C15H18F2N2O3S. The molecule has 0 spiro atoms. The molecule has 1 amide bonds. The van der Waals surface area contributed by atoms with E-state index in [1.165, 1.54) is 12.1 Å². The monoisotopic (exact) mass is 344 g/mol. The predicted molar refractivity (Wildman–Crippen MR) is 80.1 cm³/mol. The second-order valence-corrected chi connectivity index (χ2v) is 7.84. The lowest BCUT2D eigenvalue weighted by atomic mass is 10.1. The van der Waals surface area contributed by atoms with Gasteiger partial charge in [-0.1, -0.05) is 0 Å². The Morgan fingerprint density at radius 3 is 2.43 bits per heavy atom. The number of alkyl halides is 2. The fraction of sp³-hybridized carbons (Fsp3) is 0.533. The average Bonchev–Trinajstić information content (AvgIpc) is 2.79. The highest BCUT2D eigenvalue weighted by Gasteiger charge is 2.38. The van der Waals surface area contributed by atoms with Crippen molar-refractivity contribution in [3.63, 3.8) is 0 Å². The summed E-state index contributed by atoms with van der Waals surface area (Å²) in [6, 6.07) is 5.11. The van der Waals surface area contributed by atoms with Crippen LogP contribution in [0.25, 0.3) is 0 Å². The quantitative estimate of drug-likeness (QED) is 0.905. The normalized spacial score (nSPS) is 24.7. The summed E-state index contributed by atoms with van der Waals surface area (Å²) in [6.07, 6.45) is 2.80. The number of hydrogen-bond donors (Lipinski definition) is 1. The minimum Gasteiger partial charge on any atom is -0.331 e. The number of carbonyl (C=O) groups excluding carboxylic acids is 1. The molecule has 23 heavy (non-hydrogen) atoms. The Bertz CT molecular complexity index is 677. The molecule has 1 aromatic rings. The van der Waals surface area contributed by atoms with Gasteiger partial charge in [0.25, 0.3) is 5.91 Å². The first-order chi connectivity index (χ1) is 10.9. The summed E-state index contributed by atoms with van der Waals surface area (Å²) in [5.41, 5.74) is 0.331. The molecule has 2 aliphatic heterocycles. The molecule has 2 bridgehead atoms. The maximum absolute atomic E-state index is 12.7. The third-order valence-corrected chi connectivity index (χ3v) is 5.95. The number of benzene rings is 1. The maximum atomic E-state index is 12.7. The van der Waals surface area contributed by atoms with Gasteiger partial charge in [-0.05, 0) is 50.1 Å². The third kappa shape index (κ3) is 2.97. The summed E-state index contributed by atoms with van der Waals surface area (Å²) in [7, 11) is -4.63. The number of rotatable bonds is 3. The molecule has 1 N–H and O–H groups in total. The van der Waals surface area contributed by atoms with Gasteiger partial charge in [0.2, 0.25) is 9.84 Å². The third-order valence-electron chi connectivity index (χ3n) is 4.55. The van der Waals surface area contributed by atoms with E-state index in [4.69, 9.17) is 0 Å². The fourth-order valence-electron chi connectivity index (χ4n) is 3.35. The smallest absolute Gasteiger partial charge is 0.331 e. The molecular weight excluding hydrogens is 326 g/mol. The van der Waals surface area contributed by atoms with Gasteiger partial charge in [0, 0.05) is 24.2 Å². The number of halogens is 2. The number of carbonyl (C=O) groups is 1. The van der Waals surface area contributed by atoms with Gasteiger partial charge in [0.05, 0.1) is 4.90 Å². The second-order valence-electron chi connectivity index (χ2n) is 5.92. The lowest BCUT2D eigenvalue weighted by Gasteiger charge is -2.28. The summed E-state index contributed by atoms with van der Waals surface area (Å²) in [4.78, 5) is 14.1. The van der Waals surface area contributed by atoms with Crippen LogP contribution in [0.4, 0.5) is 8.78 Å². The van der Waals surface area contributed by atoms with Crippen molar-refractivity contribution >= 4 is 15.7 Å². The van der Waals surface area contributed by atoms with Gasteiger partial charge in [0.1, 0.15) is 0 Å². The van der Waals surface area contributed by atoms with Crippen molar-refractivity contribution in [3.05, 3.63) is 29.8 Å². The first-order valence-corrected chi connectivity index (χ1v) is 9.11. The SMILES string of the molecule is O=C(c1ccc(S(=O)(=O)C(F)F)cc1)N1C2CCNCC1CC2. The molecule has 3 rings (SSSR count). The van der Waals surface area contributed by atoms with Crippen LogP contribution < -0.4 is 5.32 Å². The van der Waals surface area contributed by atoms with Gasteiger partial charge in [-0.2, -0.15) is 8.78 Å². The molecule has 2 aliphatic rings. The van der Waals surface area contributed by atoms with Crippen molar-refractivity contribution in [2.24, 2.45) is 0 Å². The Morgan fingerprint density at radius 2 is 1.78 bits per heavy atom. The van der Waals surface area contributed by atoms with E-state index >= 15 is 0 Å². The zero-order chi connectivity index (χ0) is 16.6. The van der Waals surface area contributed by atoms with Crippen LogP contribution in [0.1, 0.15) is 29.6 Å². The van der Waals surface area contributed by atoms with Crippen LogP contribution in [-0.2, 0) is 9.84 Å². The predicted octanol–water partition coefficient (Wildman–Crippen LogP) is 1.65. The van der Waals surface area contributed by atoms with Crippen molar-refractivity contribution in [2.45, 2.75) is 42.0 Å². The van der Waals surface area contributed by atoms with E-state index in [1.807, 2.05) is 4.90 Å². The minimum atomic E-state index is -4.63. The van der Waals surface area contributed by atoms with E-state index in [9.17, 15) is 22.0 Å². The highest BCUT2D eigenvalue weighted by Crippen LogP contribution is 2.30. The number of nitrogens with zero attached hydrogens (tertiary/aromatic N) is 1. The van der Waals surface area contributed by atoms with Gasteiger partial charge in [-0.15, -0.1) is 0 Å². The van der Waals surface area contributed by atoms with Crippen LogP contribution in [0.3, 0.4) is 0 Å². The van der Waals surface area contributed by atoms with E-state index in [-0.39, 0.29) is 18.0 Å². The summed E-state index contributed by atoms with van der Waals surface area (Å²) in [5.74, 6) is -3.63. The number of nitrogens with one attached hydrogen (secondary N) is 1.